The first kappa shape index (κ1) is 10.2. The van der Waals surface area contributed by atoms with Crippen LogP contribution in [0.2, 0.25) is 0 Å². The van der Waals surface area contributed by atoms with Gasteiger partial charge in [0.1, 0.15) is 0 Å². The minimum absolute atomic E-state index is 0.125. The summed E-state index contributed by atoms with van der Waals surface area (Å²) >= 11 is 0. The number of benzene rings is 1. The molecule has 0 radical (unpaired) electrons. The average Bonchev–Trinajstić information content (AvgIpc) is 2.92. The first-order valence-electron chi connectivity index (χ1n) is 4.78. The van der Waals surface area contributed by atoms with E-state index in [4.69, 9.17) is 4.74 Å². The number of aryl methyl sites for hydroxylation is 1. The highest BCUT2D eigenvalue weighted by atomic mass is 19.1. The van der Waals surface area contributed by atoms with E-state index in [2.05, 4.69) is 0 Å². The first-order chi connectivity index (χ1) is 6.99. The maximum atomic E-state index is 13.7. The van der Waals surface area contributed by atoms with Crippen LogP contribution in [0, 0.1) is 12.7 Å². The summed E-state index contributed by atoms with van der Waals surface area (Å²) in [7, 11) is 1.37. The van der Waals surface area contributed by atoms with Crippen molar-refractivity contribution in [3.05, 3.63) is 23.0 Å². The van der Waals surface area contributed by atoms with Crippen LogP contribution in [-0.2, 0) is 5.60 Å². The second kappa shape index (κ2) is 3.10. The highest BCUT2D eigenvalue weighted by Gasteiger charge is 2.45. The van der Waals surface area contributed by atoms with E-state index in [1.807, 2.05) is 0 Å². The van der Waals surface area contributed by atoms with Crippen molar-refractivity contribution >= 4 is 0 Å². The van der Waals surface area contributed by atoms with E-state index < -0.39 is 17.2 Å². The maximum absolute atomic E-state index is 13.7. The lowest BCUT2D eigenvalue weighted by molar-refractivity contribution is 0.145. The lowest BCUT2D eigenvalue weighted by Crippen LogP contribution is -2.08. The van der Waals surface area contributed by atoms with Crippen LogP contribution in [0.25, 0.3) is 0 Å². The summed E-state index contributed by atoms with van der Waals surface area (Å²) in [6, 6.07) is 1.53. The minimum atomic E-state index is -1.08. The Morgan fingerprint density at radius 2 is 2.07 bits per heavy atom. The van der Waals surface area contributed by atoms with Crippen molar-refractivity contribution in [3.63, 3.8) is 0 Å². The molecule has 1 aromatic carbocycles. The van der Waals surface area contributed by atoms with Crippen LogP contribution in [0.4, 0.5) is 4.39 Å². The molecule has 1 saturated carbocycles. The number of aromatic hydroxyl groups is 1. The summed E-state index contributed by atoms with van der Waals surface area (Å²) in [6.07, 6.45) is 1.07. The number of ether oxygens (including phenoxy) is 1. The second-order valence-corrected chi connectivity index (χ2v) is 3.97. The molecular weight excluding hydrogens is 199 g/mol. The summed E-state index contributed by atoms with van der Waals surface area (Å²) in [5.41, 5.74) is -0.302. The van der Waals surface area contributed by atoms with Gasteiger partial charge in [0.15, 0.2) is 17.3 Å². The van der Waals surface area contributed by atoms with Crippen LogP contribution < -0.4 is 4.74 Å². The molecule has 2 rings (SSSR count). The van der Waals surface area contributed by atoms with Crippen molar-refractivity contribution in [1.82, 2.24) is 0 Å². The van der Waals surface area contributed by atoms with Crippen LogP contribution >= 0.6 is 0 Å². The molecule has 1 aromatic rings. The summed E-state index contributed by atoms with van der Waals surface area (Å²) in [5.74, 6) is -1.18. The molecule has 0 aromatic heterocycles. The first-order valence-corrected chi connectivity index (χ1v) is 4.78. The Bertz CT molecular complexity index is 411. The molecule has 82 valence electrons. The van der Waals surface area contributed by atoms with Gasteiger partial charge in [0.2, 0.25) is 0 Å². The van der Waals surface area contributed by atoms with E-state index in [0.717, 1.165) is 0 Å². The van der Waals surface area contributed by atoms with Gasteiger partial charge >= 0.3 is 0 Å². The predicted octanol–water partition coefficient (Wildman–Crippen LogP) is 1.83. The zero-order chi connectivity index (χ0) is 11.2. The second-order valence-electron chi connectivity index (χ2n) is 3.97. The molecule has 0 spiro atoms. The quantitative estimate of drug-likeness (QED) is 0.786. The molecule has 0 aliphatic heterocycles. The Balaban J connectivity index is 2.59. The monoisotopic (exact) mass is 212 g/mol. The highest BCUT2D eigenvalue weighted by molar-refractivity contribution is 5.51. The Kier molecular flexibility index (Phi) is 2.12. The lowest BCUT2D eigenvalue weighted by atomic mass is 10.0. The Morgan fingerprint density at radius 1 is 1.47 bits per heavy atom. The van der Waals surface area contributed by atoms with Crippen LogP contribution in [0.15, 0.2) is 6.07 Å². The fourth-order valence-electron chi connectivity index (χ4n) is 1.74. The van der Waals surface area contributed by atoms with E-state index in [-0.39, 0.29) is 11.3 Å². The SMILES string of the molecule is COc1c(C)cc(C2(O)CC2)c(F)c1O. The van der Waals surface area contributed by atoms with E-state index in [1.54, 1.807) is 6.92 Å². The fourth-order valence-corrected chi connectivity index (χ4v) is 1.74. The zero-order valence-corrected chi connectivity index (χ0v) is 8.67. The number of aliphatic hydroxyl groups is 1. The van der Waals surface area contributed by atoms with Gasteiger partial charge < -0.3 is 14.9 Å². The van der Waals surface area contributed by atoms with Gasteiger partial charge in [-0.2, -0.15) is 0 Å². The van der Waals surface area contributed by atoms with Crippen molar-refractivity contribution in [3.8, 4) is 11.5 Å². The lowest BCUT2D eigenvalue weighted by Gasteiger charge is -2.15. The van der Waals surface area contributed by atoms with Gasteiger partial charge in [-0.25, -0.2) is 4.39 Å². The van der Waals surface area contributed by atoms with Crippen molar-refractivity contribution in [2.24, 2.45) is 0 Å². The van der Waals surface area contributed by atoms with Crippen LogP contribution in [0.3, 0.4) is 0 Å². The molecule has 0 saturated heterocycles. The van der Waals surface area contributed by atoms with Gasteiger partial charge in [-0.1, -0.05) is 0 Å². The Hall–Kier alpha value is -1.29. The number of phenolic OH excluding ortho intramolecular Hbond substituents is 1. The molecule has 0 heterocycles. The fraction of sp³-hybridized carbons (Fsp3) is 0.455. The summed E-state index contributed by atoms with van der Waals surface area (Å²) < 4.78 is 18.5. The molecule has 1 fully saturated rings. The van der Waals surface area contributed by atoms with Crippen LogP contribution in [0.1, 0.15) is 24.0 Å². The largest absolute Gasteiger partial charge is 0.502 e. The normalized spacial score (nSPS) is 17.6. The highest BCUT2D eigenvalue weighted by Crippen LogP contribution is 2.49. The topological polar surface area (TPSA) is 49.7 Å². The van der Waals surface area contributed by atoms with Gasteiger partial charge in [-0.05, 0) is 31.4 Å². The van der Waals surface area contributed by atoms with Crippen molar-refractivity contribution in [2.45, 2.75) is 25.4 Å². The smallest absolute Gasteiger partial charge is 0.194 e. The number of rotatable bonds is 2. The van der Waals surface area contributed by atoms with E-state index in [9.17, 15) is 14.6 Å². The molecule has 0 amide bonds. The third kappa shape index (κ3) is 1.45. The summed E-state index contributed by atoms with van der Waals surface area (Å²) in [5, 5.41) is 19.3. The number of halogens is 1. The Labute approximate surface area is 87.1 Å². The van der Waals surface area contributed by atoms with E-state index in [1.165, 1.54) is 13.2 Å². The van der Waals surface area contributed by atoms with E-state index in [0.29, 0.717) is 18.4 Å². The molecular formula is C11H13FO3. The third-order valence-corrected chi connectivity index (χ3v) is 2.81. The van der Waals surface area contributed by atoms with E-state index >= 15 is 0 Å². The van der Waals surface area contributed by atoms with Gasteiger partial charge in [0.05, 0.1) is 12.7 Å². The molecule has 2 N–H and O–H groups in total. The molecule has 1 aliphatic rings. The van der Waals surface area contributed by atoms with Gasteiger partial charge in [-0.15, -0.1) is 0 Å². The molecule has 3 nitrogen and oxygen atoms in total. The number of methoxy groups -OCH3 is 1. The standard InChI is InChI=1S/C11H13FO3/c1-6-5-7(11(14)3-4-11)8(12)9(13)10(6)15-2/h5,13-14H,3-4H2,1-2H3. The third-order valence-electron chi connectivity index (χ3n) is 2.81. The maximum Gasteiger partial charge on any atom is 0.194 e. The summed E-state index contributed by atoms with van der Waals surface area (Å²) in [6.45, 7) is 1.70. The average molecular weight is 212 g/mol. The number of hydrogen-bond acceptors (Lipinski definition) is 3. The van der Waals surface area contributed by atoms with Crippen LogP contribution in [0.5, 0.6) is 11.5 Å². The molecule has 0 unspecified atom stereocenters. The van der Waals surface area contributed by atoms with Crippen molar-refractivity contribution in [2.75, 3.05) is 7.11 Å². The number of phenols is 1. The molecule has 0 atom stereocenters. The Morgan fingerprint density at radius 3 is 2.53 bits per heavy atom. The summed E-state index contributed by atoms with van der Waals surface area (Å²) in [4.78, 5) is 0. The molecule has 15 heavy (non-hydrogen) atoms. The number of hydrogen-bond donors (Lipinski definition) is 2. The van der Waals surface area contributed by atoms with Crippen molar-refractivity contribution in [1.29, 1.82) is 0 Å². The van der Waals surface area contributed by atoms with Crippen LogP contribution in [-0.4, -0.2) is 17.3 Å². The van der Waals surface area contributed by atoms with Gasteiger partial charge in [-0.3, -0.25) is 0 Å². The molecule has 1 aliphatic carbocycles. The predicted molar refractivity (Wildman–Crippen MR) is 52.5 cm³/mol. The zero-order valence-electron chi connectivity index (χ0n) is 8.67. The molecule has 0 bridgehead atoms. The van der Waals surface area contributed by atoms with Gasteiger partial charge in [0.25, 0.3) is 0 Å². The van der Waals surface area contributed by atoms with Crippen molar-refractivity contribution < 1.29 is 19.3 Å². The molecule has 4 heteroatoms. The minimum Gasteiger partial charge on any atom is -0.502 e. The van der Waals surface area contributed by atoms with Gasteiger partial charge in [0, 0.05) is 5.56 Å².